The molecule has 0 bridgehead atoms. The van der Waals surface area contributed by atoms with Gasteiger partial charge in [0.2, 0.25) is 0 Å². The van der Waals surface area contributed by atoms with Crippen LogP contribution in [0.3, 0.4) is 0 Å². The van der Waals surface area contributed by atoms with Crippen molar-refractivity contribution in [1.29, 1.82) is 0 Å². The minimum atomic E-state index is -0.603. The van der Waals surface area contributed by atoms with Gasteiger partial charge in [-0.15, -0.1) is 22.7 Å². The molecular weight excluding hydrogens is 1970 g/mol. The fraction of sp³-hybridized carbons (Fsp3) is 0.0588. The predicted octanol–water partition coefficient (Wildman–Crippen LogP) is 29.2. The van der Waals surface area contributed by atoms with Gasteiger partial charge in [0.15, 0.2) is 0 Å². The minimum Gasteiger partial charge on any atom is -0.400 e. The molecule has 0 N–H and O–H groups in total. The smallest absolute Gasteiger partial charge is 0.400 e. The fourth-order valence-electron chi connectivity index (χ4n) is 14.9. The number of benzene rings is 18. The third kappa shape index (κ3) is 28.2. The summed E-state index contributed by atoms with van der Waals surface area (Å²) in [4.78, 5) is 1.06. The topological polar surface area (TPSA) is 18.5 Å². The van der Waals surface area contributed by atoms with Crippen LogP contribution in [0.5, 0.6) is 0 Å². The summed E-state index contributed by atoms with van der Waals surface area (Å²) in [5.74, 6) is -0.674. The third-order valence-electron chi connectivity index (χ3n) is 21.9. The Morgan fingerprint density at radius 3 is 0.701 bits per heavy atom. The number of hydrogen-bond donors (Lipinski definition) is 0. The largest absolute Gasteiger partial charge is 0.487 e. The zero-order chi connectivity index (χ0) is 91.3. The van der Waals surface area contributed by atoms with Crippen molar-refractivity contribution in [2.45, 2.75) is 46.3 Å². The number of fused-ring (bicyclic) bond motifs is 4. The van der Waals surface area contributed by atoms with E-state index < -0.39 is 73.3 Å². The van der Waals surface area contributed by atoms with Gasteiger partial charge in [-0.3, -0.25) is 0 Å². The first-order valence-corrected chi connectivity index (χ1v) is 51.5. The molecule has 18 aromatic carbocycles. The average Bonchev–Trinajstić information content (AvgIpc) is 1.63. The summed E-state index contributed by atoms with van der Waals surface area (Å²) in [6, 6.07) is 166. The second-order valence-electron chi connectivity index (χ2n) is 31.8. The SMILES string of the molecule is C.CC1(C)OB(/C=C/c2cc(F)cc(F)c2)OC1(C)C.Fc1cc(F)cc(/C=C/c2cc3cc4ccccc4cc3s2)c1.Ic1cc2cc3ccccc3cc2s1.[Pd].c1ccc(P(c2ccccc2)c2ccccc2)cc1.c1ccc(P(c2ccccc2)c2ccccc2)cc1.c1ccc(P(c2ccccc2)c2ccccc2)cc1.c1ccc(P(c2ccccc2)c2ccccc2)cc1. The van der Waals surface area contributed by atoms with E-state index in [4.69, 9.17) is 9.31 Å². The Bertz CT molecular complexity index is 6030. The summed E-state index contributed by atoms with van der Waals surface area (Å²) in [5.41, 5.74) is 0.113. The van der Waals surface area contributed by atoms with Crippen molar-refractivity contribution in [3.63, 3.8) is 0 Å². The van der Waals surface area contributed by atoms with Crippen LogP contribution in [0.25, 0.3) is 59.9 Å². The molecule has 0 amide bonds. The van der Waals surface area contributed by atoms with Gasteiger partial charge in [-0.05, 0) is 256 Å². The molecule has 0 atom stereocenters. The summed E-state index contributed by atoms with van der Waals surface area (Å²) >= 11 is 5.90. The summed E-state index contributed by atoms with van der Waals surface area (Å²) < 4.78 is 67.9. The van der Waals surface area contributed by atoms with Gasteiger partial charge in [-0.25, -0.2) is 17.6 Å². The van der Waals surface area contributed by atoms with E-state index in [1.165, 1.54) is 133 Å². The van der Waals surface area contributed by atoms with Crippen LogP contribution in [0.1, 0.15) is 51.1 Å². The maximum Gasteiger partial charge on any atom is 0.487 e. The van der Waals surface area contributed by atoms with Crippen molar-refractivity contribution in [2.24, 2.45) is 0 Å². The van der Waals surface area contributed by atoms with Gasteiger partial charge in [0.05, 0.1) is 14.1 Å². The molecule has 0 saturated carbocycles. The summed E-state index contributed by atoms with van der Waals surface area (Å²) in [7, 11) is -2.30. The van der Waals surface area contributed by atoms with Crippen LogP contribution in [0.15, 0.2) is 491 Å². The van der Waals surface area contributed by atoms with E-state index in [1.54, 1.807) is 29.5 Å². The van der Waals surface area contributed by atoms with Crippen molar-refractivity contribution in [3.05, 3.63) is 533 Å². The molecule has 0 unspecified atom stereocenters. The molecule has 0 radical (unpaired) electrons. The number of thiophene rings is 2. The normalized spacial score (nSPS) is 12.2. The number of hydrogen-bond acceptors (Lipinski definition) is 4. The Labute approximate surface area is 827 Å². The fourth-order valence-corrected chi connectivity index (χ4v) is 27.0. The number of rotatable bonds is 16. The minimum absolute atomic E-state index is 0. The van der Waals surface area contributed by atoms with Crippen LogP contribution in [0.2, 0.25) is 0 Å². The summed E-state index contributed by atoms with van der Waals surface area (Å²) in [5, 5.41) is 24.4. The first-order valence-electron chi connectivity index (χ1n) is 43.5. The van der Waals surface area contributed by atoms with Crippen molar-refractivity contribution in [1.82, 2.24) is 0 Å². The van der Waals surface area contributed by atoms with Crippen molar-refractivity contribution in [3.8, 4) is 0 Å². The van der Waals surface area contributed by atoms with Crippen molar-refractivity contribution in [2.75, 3.05) is 0 Å². The molecule has 134 heavy (non-hydrogen) atoms. The molecule has 0 aliphatic carbocycles. The summed E-state index contributed by atoms with van der Waals surface area (Å²) in [6.45, 7) is 7.79. The molecule has 20 aromatic rings. The molecule has 15 heteroatoms. The van der Waals surface area contributed by atoms with Gasteiger partial charge in [0.1, 0.15) is 23.3 Å². The van der Waals surface area contributed by atoms with Crippen molar-refractivity contribution >= 4 is 208 Å². The zero-order valence-corrected chi connectivity index (χ0v) is 82.6. The van der Waals surface area contributed by atoms with Crippen LogP contribution in [-0.2, 0) is 29.7 Å². The second kappa shape index (κ2) is 50.3. The Kier molecular flexibility index (Phi) is 37.6. The van der Waals surface area contributed by atoms with Crippen LogP contribution in [0, 0.1) is 26.2 Å². The monoisotopic (exact) mass is 2070 g/mol. The maximum absolute atomic E-state index is 13.2. The van der Waals surface area contributed by atoms with Gasteiger partial charge in [-0.1, -0.05) is 438 Å². The Morgan fingerprint density at radius 1 is 0.246 bits per heavy atom. The van der Waals surface area contributed by atoms with E-state index in [0.717, 1.165) is 17.0 Å². The van der Waals surface area contributed by atoms with Gasteiger partial charge in [-0.2, -0.15) is 0 Å². The average molecular weight is 2070 g/mol. The van der Waals surface area contributed by atoms with E-state index in [1.807, 2.05) is 57.2 Å². The molecule has 668 valence electrons. The Balaban J connectivity index is 0.000000133. The van der Waals surface area contributed by atoms with E-state index >= 15 is 0 Å². The Morgan fingerprint density at radius 2 is 0.455 bits per heavy atom. The maximum atomic E-state index is 13.2. The predicted molar refractivity (Wildman–Crippen MR) is 585 cm³/mol. The van der Waals surface area contributed by atoms with Gasteiger partial charge in [0.25, 0.3) is 0 Å². The zero-order valence-electron chi connectivity index (χ0n) is 73.7. The van der Waals surface area contributed by atoms with E-state index in [0.29, 0.717) is 11.1 Å². The van der Waals surface area contributed by atoms with E-state index in [2.05, 4.69) is 459 Å². The first kappa shape index (κ1) is 100. The van der Waals surface area contributed by atoms with Gasteiger partial charge < -0.3 is 9.31 Å². The number of halogens is 5. The molecule has 2 nitrogen and oxygen atoms in total. The molecule has 1 aliphatic heterocycles. The van der Waals surface area contributed by atoms with Gasteiger partial charge in [0, 0.05) is 46.8 Å². The molecule has 1 fully saturated rings. The molecule has 1 saturated heterocycles. The van der Waals surface area contributed by atoms with E-state index in [-0.39, 0.29) is 27.8 Å². The molecule has 3 heterocycles. The van der Waals surface area contributed by atoms with Crippen molar-refractivity contribution < 1.29 is 47.3 Å². The van der Waals surface area contributed by atoms with Crippen LogP contribution in [-0.4, -0.2) is 18.3 Å². The molecule has 0 spiro atoms. The quantitative estimate of drug-likeness (QED) is 0.0415. The summed E-state index contributed by atoms with van der Waals surface area (Å²) in [6.07, 6.45) is 5.22. The second-order valence-corrected chi connectivity index (χ2v) is 44.7. The molecule has 2 aromatic heterocycles. The molecule has 21 rings (SSSR count). The first-order chi connectivity index (χ1) is 64.5. The third-order valence-corrected chi connectivity index (χ3v) is 34.6. The molecular formula is C119H100BF4IO2P4PdS2. The van der Waals surface area contributed by atoms with Crippen LogP contribution < -0.4 is 63.7 Å². The van der Waals surface area contributed by atoms with Gasteiger partial charge >= 0.3 is 7.12 Å². The molecule has 1 aliphatic rings. The Hall–Kier alpha value is -11.3. The van der Waals surface area contributed by atoms with E-state index in [9.17, 15) is 17.6 Å². The van der Waals surface area contributed by atoms with Crippen LogP contribution >= 0.6 is 77.0 Å². The standard InChI is InChI=1S/C20H12F2S.4C18H15P.C14H17BF2O2.C12H7IS.CH4.Pd/c21-17-7-13(8-18(22)12-17)5-6-19-10-16-9-14-3-1-2-4-15(14)11-20(16)23-19;4*1-4-10-16(11-5-1)19(17-12-6-2-7-13-17)18-14-8-3-9-15-18;1-13(2)14(3,4)19-15(18-13)6-5-10-7-11(16)9-12(17)8-10;13-12-7-10-5-8-3-1-2-4-9(8)6-11(10)14-12;;/h1-12H;4*1-15H;5-9H,1-4H3;1-7H;1H4;/b6-5+;;;;;6-5+;;;. The van der Waals surface area contributed by atoms with Crippen LogP contribution in [0.4, 0.5) is 17.6 Å².